The zero-order valence-corrected chi connectivity index (χ0v) is 23.3. The Morgan fingerprint density at radius 1 is 0.595 bits per heavy atom. The van der Waals surface area contributed by atoms with Crippen molar-refractivity contribution in [1.29, 1.82) is 0 Å². The van der Waals surface area contributed by atoms with Crippen LogP contribution in [-0.4, -0.2) is 9.97 Å². The summed E-state index contributed by atoms with van der Waals surface area (Å²) in [7, 11) is 0. The van der Waals surface area contributed by atoms with Gasteiger partial charge in [-0.3, -0.25) is 4.98 Å². The zero-order chi connectivity index (χ0) is 29.0. The molecule has 0 aliphatic rings. The molecule has 0 spiro atoms. The van der Waals surface area contributed by atoms with Crippen molar-refractivity contribution in [1.82, 2.24) is 9.97 Å². The van der Waals surface area contributed by atoms with Gasteiger partial charge in [0.2, 0.25) is 0 Å². The molecule has 3 aromatic heterocycles. The van der Waals surface area contributed by atoms with Crippen LogP contribution >= 0.6 is 0 Å². The largest absolute Gasteiger partial charge is 0.422 e. The van der Waals surface area contributed by atoms with Crippen molar-refractivity contribution in [3.63, 3.8) is 0 Å². The van der Waals surface area contributed by atoms with Crippen LogP contribution in [0.4, 0.5) is 0 Å². The first kappa shape index (κ1) is 25.6. The summed E-state index contributed by atoms with van der Waals surface area (Å²) in [4.78, 5) is 35.0. The molecule has 7 aromatic rings. The molecule has 0 aliphatic carbocycles. The third-order valence-corrected chi connectivity index (χ3v) is 7.62. The van der Waals surface area contributed by atoms with E-state index in [9.17, 15) is 9.59 Å². The third-order valence-electron chi connectivity index (χ3n) is 7.62. The van der Waals surface area contributed by atoms with Crippen molar-refractivity contribution < 1.29 is 8.83 Å². The molecule has 6 nitrogen and oxygen atoms in total. The molecular weight excluding hydrogens is 524 g/mol. The van der Waals surface area contributed by atoms with Crippen molar-refractivity contribution in [3.8, 4) is 33.6 Å². The molecule has 3 heterocycles. The van der Waals surface area contributed by atoms with Crippen LogP contribution in [0.1, 0.15) is 26.3 Å². The Morgan fingerprint density at radius 2 is 1.36 bits per heavy atom. The fourth-order valence-electron chi connectivity index (χ4n) is 5.32. The molecule has 6 heteroatoms. The first-order valence-corrected chi connectivity index (χ1v) is 13.7. The minimum absolute atomic E-state index is 0.0243. The molecule has 0 radical (unpaired) electrons. The van der Waals surface area contributed by atoms with Gasteiger partial charge >= 0.3 is 11.3 Å². The maximum atomic E-state index is 13.1. The lowest BCUT2D eigenvalue weighted by molar-refractivity contribution is 0.563. The number of benzene rings is 4. The maximum Gasteiger partial charge on any atom is 0.345 e. The van der Waals surface area contributed by atoms with Gasteiger partial charge in [-0.25, -0.2) is 14.6 Å². The van der Waals surface area contributed by atoms with Crippen molar-refractivity contribution in [2.75, 3.05) is 0 Å². The van der Waals surface area contributed by atoms with Gasteiger partial charge in [-0.15, -0.1) is 0 Å². The van der Waals surface area contributed by atoms with Gasteiger partial charge in [0.05, 0.1) is 34.9 Å². The van der Waals surface area contributed by atoms with E-state index in [1.54, 1.807) is 24.5 Å². The average molecular weight is 551 g/mol. The highest BCUT2D eigenvalue weighted by atomic mass is 16.4. The highest BCUT2D eigenvalue weighted by molar-refractivity contribution is 6.06. The molecule has 0 saturated carbocycles. The summed E-state index contributed by atoms with van der Waals surface area (Å²) in [5, 5.41) is 3.78. The molecule has 42 heavy (non-hydrogen) atoms. The lowest BCUT2D eigenvalue weighted by atomic mass is 9.85. The van der Waals surface area contributed by atoms with Crippen LogP contribution in [0, 0.1) is 0 Å². The summed E-state index contributed by atoms with van der Waals surface area (Å²) >= 11 is 0. The van der Waals surface area contributed by atoms with E-state index in [1.165, 1.54) is 5.56 Å². The van der Waals surface area contributed by atoms with Crippen LogP contribution in [0.15, 0.2) is 122 Å². The number of nitrogens with zero attached hydrogens (tertiary/aromatic N) is 2. The average Bonchev–Trinajstić information content (AvgIpc) is 2.99. The van der Waals surface area contributed by atoms with Gasteiger partial charge in [-0.2, -0.15) is 0 Å². The maximum absolute atomic E-state index is 13.1. The van der Waals surface area contributed by atoms with Crippen molar-refractivity contribution in [3.05, 3.63) is 130 Å². The fourth-order valence-corrected chi connectivity index (χ4v) is 5.32. The normalized spacial score (nSPS) is 11.9. The van der Waals surface area contributed by atoms with Crippen LogP contribution < -0.4 is 11.3 Å². The smallest absolute Gasteiger partial charge is 0.345 e. The summed E-state index contributed by atoms with van der Waals surface area (Å²) < 4.78 is 11.3. The second-order valence-corrected chi connectivity index (χ2v) is 11.5. The van der Waals surface area contributed by atoms with Gasteiger partial charge in [0.1, 0.15) is 11.2 Å². The van der Waals surface area contributed by atoms with Gasteiger partial charge in [-0.1, -0.05) is 81.4 Å². The number of para-hydroxylation sites is 1. The van der Waals surface area contributed by atoms with Crippen LogP contribution in [0.3, 0.4) is 0 Å². The molecule has 7 rings (SSSR count). The zero-order valence-electron chi connectivity index (χ0n) is 23.3. The highest BCUT2D eigenvalue weighted by Crippen LogP contribution is 2.33. The summed E-state index contributed by atoms with van der Waals surface area (Å²) in [5.74, 6) is 0. The van der Waals surface area contributed by atoms with Gasteiger partial charge < -0.3 is 8.83 Å². The first-order chi connectivity index (χ1) is 20.2. The molecule has 0 N–H and O–H groups in total. The second-order valence-electron chi connectivity index (χ2n) is 11.5. The molecule has 0 unspecified atom stereocenters. The molecule has 0 atom stereocenters. The molecular formula is C36H26N2O4. The second kappa shape index (κ2) is 9.63. The summed E-state index contributed by atoms with van der Waals surface area (Å²) in [6, 6.07) is 28.8. The Morgan fingerprint density at radius 3 is 2.21 bits per heavy atom. The van der Waals surface area contributed by atoms with Gasteiger partial charge in [0, 0.05) is 16.3 Å². The van der Waals surface area contributed by atoms with E-state index in [2.05, 4.69) is 44.0 Å². The van der Waals surface area contributed by atoms with Gasteiger partial charge in [0.15, 0.2) is 0 Å². The monoisotopic (exact) mass is 550 g/mol. The standard InChI is InChI=1S/C36H26N2O4/c1-36(2,3)25-12-13-26-22(16-25)11-14-33-28(26)18-27(34(39)42-33)21-8-6-9-23(15-21)30-19-37-20-31(38-30)29-17-24-7-4-5-10-32(24)41-35(29)40/h4-20H,1-3H3. The van der Waals surface area contributed by atoms with Crippen molar-refractivity contribution in [2.45, 2.75) is 26.2 Å². The number of fused-ring (bicyclic) bond motifs is 4. The van der Waals surface area contributed by atoms with Crippen LogP contribution in [-0.2, 0) is 5.41 Å². The Hall–Kier alpha value is -5.36. The first-order valence-electron chi connectivity index (χ1n) is 13.7. The molecule has 4 aromatic carbocycles. The quantitative estimate of drug-likeness (QED) is 0.163. The van der Waals surface area contributed by atoms with E-state index in [4.69, 9.17) is 13.8 Å². The fraction of sp³-hybridized carbons (Fsp3) is 0.111. The molecule has 0 saturated heterocycles. The van der Waals surface area contributed by atoms with Crippen molar-refractivity contribution in [2.24, 2.45) is 0 Å². The van der Waals surface area contributed by atoms with E-state index in [0.29, 0.717) is 39.2 Å². The minimum atomic E-state index is -0.482. The Balaban J connectivity index is 1.32. The van der Waals surface area contributed by atoms with Gasteiger partial charge in [-0.05, 0) is 57.6 Å². The number of hydrogen-bond acceptors (Lipinski definition) is 6. The lowest BCUT2D eigenvalue weighted by Gasteiger charge is -2.19. The number of rotatable bonds is 3. The Kier molecular flexibility index (Phi) is 5.87. The van der Waals surface area contributed by atoms with E-state index in [-0.39, 0.29) is 5.41 Å². The summed E-state index contributed by atoms with van der Waals surface area (Å²) in [6.07, 6.45) is 3.18. The van der Waals surface area contributed by atoms with E-state index >= 15 is 0 Å². The Labute approximate surface area is 240 Å². The van der Waals surface area contributed by atoms with E-state index in [0.717, 1.165) is 27.1 Å². The molecule has 204 valence electrons. The number of hydrogen-bond donors (Lipinski definition) is 0. The van der Waals surface area contributed by atoms with Gasteiger partial charge in [0.25, 0.3) is 0 Å². The Bertz CT molecular complexity index is 2290. The summed E-state index contributed by atoms with van der Waals surface area (Å²) in [5.41, 5.74) is 4.62. The topological polar surface area (TPSA) is 86.2 Å². The summed E-state index contributed by atoms with van der Waals surface area (Å²) in [6.45, 7) is 6.57. The molecule has 0 aliphatic heterocycles. The molecule has 0 amide bonds. The predicted octanol–water partition coefficient (Wildman–Crippen LogP) is 8.14. The van der Waals surface area contributed by atoms with Crippen LogP contribution in [0.5, 0.6) is 0 Å². The third kappa shape index (κ3) is 4.47. The molecule has 0 fully saturated rings. The van der Waals surface area contributed by atoms with Crippen molar-refractivity contribution >= 4 is 32.7 Å². The predicted molar refractivity (Wildman–Crippen MR) is 167 cm³/mol. The van der Waals surface area contributed by atoms with Crippen LogP contribution in [0.2, 0.25) is 0 Å². The minimum Gasteiger partial charge on any atom is -0.422 e. The molecule has 0 bridgehead atoms. The highest BCUT2D eigenvalue weighted by Gasteiger charge is 2.17. The lowest BCUT2D eigenvalue weighted by Crippen LogP contribution is -2.10. The number of aromatic nitrogens is 2. The SMILES string of the molecule is CC(C)(C)c1ccc2c(ccc3oc(=O)c(-c4cccc(-c5cncc(-c6cc7ccccc7oc6=O)n5)c4)cc32)c1. The van der Waals surface area contributed by atoms with Crippen LogP contribution in [0.25, 0.3) is 66.4 Å². The van der Waals surface area contributed by atoms with E-state index < -0.39 is 11.3 Å². The van der Waals surface area contributed by atoms with E-state index in [1.807, 2.05) is 60.7 Å².